The molecule has 0 bridgehead atoms. The summed E-state index contributed by atoms with van der Waals surface area (Å²) in [7, 11) is 1.51. The molecule has 1 fully saturated rings. The number of aliphatic imine (C=N–C) groups is 1. The maximum Gasteiger partial charge on any atom is 0.338 e. The Labute approximate surface area is 155 Å². The predicted octanol–water partition coefficient (Wildman–Crippen LogP) is 2.67. The normalized spacial score (nSPS) is 20.0. The van der Waals surface area contributed by atoms with Crippen molar-refractivity contribution >= 4 is 28.8 Å². The van der Waals surface area contributed by atoms with Crippen molar-refractivity contribution < 1.29 is 23.5 Å². The van der Waals surface area contributed by atoms with Gasteiger partial charge in [-0.3, -0.25) is 9.69 Å². The molecule has 1 amide bonds. The quantitative estimate of drug-likeness (QED) is 0.582. The van der Waals surface area contributed by atoms with Crippen LogP contribution in [0.1, 0.15) is 24.9 Å². The molecule has 6 nitrogen and oxygen atoms in total. The van der Waals surface area contributed by atoms with E-state index in [1.807, 2.05) is 0 Å². The topological polar surface area (TPSA) is 68.2 Å². The number of nitrogens with zero attached hydrogens (tertiary/aromatic N) is 2. The van der Waals surface area contributed by atoms with E-state index in [4.69, 9.17) is 9.47 Å². The van der Waals surface area contributed by atoms with E-state index in [1.165, 1.54) is 35.9 Å². The molecule has 1 aromatic rings. The Hall–Kier alpha value is -2.19. The maximum absolute atomic E-state index is 13.8. The van der Waals surface area contributed by atoms with Gasteiger partial charge in [0.2, 0.25) is 5.91 Å². The van der Waals surface area contributed by atoms with E-state index in [0.29, 0.717) is 28.6 Å². The van der Waals surface area contributed by atoms with Crippen LogP contribution < -0.4 is 0 Å². The van der Waals surface area contributed by atoms with Gasteiger partial charge in [0, 0.05) is 19.3 Å². The van der Waals surface area contributed by atoms with Gasteiger partial charge in [-0.2, -0.15) is 0 Å². The predicted molar refractivity (Wildman–Crippen MR) is 96.0 cm³/mol. The molecule has 1 aromatic carbocycles. The Morgan fingerprint density at radius 1 is 1.42 bits per heavy atom. The van der Waals surface area contributed by atoms with E-state index in [-0.39, 0.29) is 24.7 Å². The minimum Gasteiger partial charge on any atom is -0.460 e. The fourth-order valence-electron chi connectivity index (χ4n) is 2.94. The second kappa shape index (κ2) is 8.01. The van der Waals surface area contributed by atoms with Crippen LogP contribution in [-0.2, 0) is 19.1 Å². The Bertz CT molecular complexity index is 793. The minimum atomic E-state index is -0.756. The molecule has 2 heterocycles. The van der Waals surface area contributed by atoms with Crippen molar-refractivity contribution in [2.75, 3.05) is 26.1 Å². The van der Waals surface area contributed by atoms with Crippen LogP contribution in [0.25, 0.3) is 0 Å². The zero-order chi connectivity index (χ0) is 18.7. The van der Waals surface area contributed by atoms with Gasteiger partial charge in [-0.1, -0.05) is 23.9 Å². The third-order valence-corrected chi connectivity index (χ3v) is 5.07. The lowest BCUT2D eigenvalue weighted by Crippen LogP contribution is -2.45. The van der Waals surface area contributed by atoms with Gasteiger partial charge in [-0.25, -0.2) is 14.2 Å². The number of amides is 1. The van der Waals surface area contributed by atoms with Crippen LogP contribution >= 0.6 is 11.8 Å². The first kappa shape index (κ1) is 18.6. The van der Waals surface area contributed by atoms with Gasteiger partial charge in [-0.15, -0.1) is 0 Å². The molecule has 0 N–H and O–H groups in total. The highest BCUT2D eigenvalue weighted by Crippen LogP contribution is 2.40. The number of hydrogen-bond acceptors (Lipinski definition) is 6. The summed E-state index contributed by atoms with van der Waals surface area (Å²) in [6.07, 6.45) is 0.334. The van der Waals surface area contributed by atoms with Crippen molar-refractivity contribution in [1.82, 2.24) is 4.90 Å². The molecule has 138 valence electrons. The maximum atomic E-state index is 13.8. The highest BCUT2D eigenvalue weighted by atomic mass is 32.2. The van der Waals surface area contributed by atoms with Crippen molar-refractivity contribution in [3.8, 4) is 0 Å². The number of carbonyl (C=O) groups excluding carboxylic acids is 2. The van der Waals surface area contributed by atoms with Crippen LogP contribution in [0.15, 0.2) is 40.5 Å². The Morgan fingerprint density at radius 3 is 2.96 bits per heavy atom. The summed E-state index contributed by atoms with van der Waals surface area (Å²) >= 11 is 1.45. The smallest absolute Gasteiger partial charge is 0.338 e. The minimum absolute atomic E-state index is 0.0846. The van der Waals surface area contributed by atoms with Crippen molar-refractivity contribution in [2.45, 2.75) is 19.4 Å². The van der Waals surface area contributed by atoms with Gasteiger partial charge < -0.3 is 9.47 Å². The van der Waals surface area contributed by atoms with E-state index >= 15 is 0 Å². The van der Waals surface area contributed by atoms with Crippen molar-refractivity contribution in [2.24, 2.45) is 4.99 Å². The summed E-state index contributed by atoms with van der Waals surface area (Å²) in [5.41, 5.74) is 1.22. The van der Waals surface area contributed by atoms with Gasteiger partial charge in [0.05, 0.1) is 23.9 Å². The van der Waals surface area contributed by atoms with Crippen molar-refractivity contribution in [3.05, 3.63) is 46.9 Å². The molecule has 2 aliphatic rings. The van der Waals surface area contributed by atoms with Gasteiger partial charge in [0.1, 0.15) is 12.4 Å². The lowest BCUT2D eigenvalue weighted by Gasteiger charge is -2.38. The molecule has 0 unspecified atom stereocenters. The number of esters is 1. The molecular weight excluding hydrogens is 359 g/mol. The standard InChI is InChI=1S/C18H19FN2O4S/c1-11-15(17(23)25-8-7-24-2)16(12-4-3-5-13(19)10-12)21-14(22)6-9-26-18(21)20-11/h3-5,10,16H,6-9H2,1-2H3/t16-/m0/s1. The zero-order valence-corrected chi connectivity index (χ0v) is 15.3. The second-order valence-corrected chi connectivity index (χ2v) is 6.90. The first-order chi connectivity index (χ1) is 12.5. The molecule has 26 heavy (non-hydrogen) atoms. The lowest BCUT2D eigenvalue weighted by molar-refractivity contribution is -0.141. The second-order valence-electron chi connectivity index (χ2n) is 5.84. The monoisotopic (exact) mass is 378 g/mol. The highest BCUT2D eigenvalue weighted by Gasteiger charge is 2.41. The number of fused-ring (bicyclic) bond motifs is 1. The molecule has 1 atom stereocenters. The number of ether oxygens (including phenoxy) is 2. The summed E-state index contributed by atoms with van der Waals surface area (Å²) < 4.78 is 24.0. The highest BCUT2D eigenvalue weighted by molar-refractivity contribution is 8.14. The number of rotatable bonds is 5. The fourth-order valence-corrected chi connectivity index (χ4v) is 3.95. The SMILES string of the molecule is COCCOC(=O)C1=C(C)N=C2SCCC(=O)N2[C@H]1c1cccc(F)c1. The fraction of sp³-hybridized carbons (Fsp3) is 0.389. The van der Waals surface area contributed by atoms with Crippen molar-refractivity contribution in [1.29, 1.82) is 0 Å². The van der Waals surface area contributed by atoms with Gasteiger partial charge in [0.15, 0.2) is 5.17 Å². The summed E-state index contributed by atoms with van der Waals surface area (Å²) in [5, 5.41) is 0.529. The van der Waals surface area contributed by atoms with Gasteiger partial charge in [-0.05, 0) is 24.6 Å². The van der Waals surface area contributed by atoms with Crippen LogP contribution in [0.5, 0.6) is 0 Å². The average Bonchev–Trinajstić information content (AvgIpc) is 2.61. The number of amidine groups is 1. The number of methoxy groups -OCH3 is 1. The molecule has 3 rings (SSSR count). The molecule has 0 spiro atoms. The van der Waals surface area contributed by atoms with Crippen LogP contribution in [0.2, 0.25) is 0 Å². The average molecular weight is 378 g/mol. The van der Waals surface area contributed by atoms with E-state index in [2.05, 4.69) is 4.99 Å². The molecule has 0 aliphatic carbocycles. The van der Waals surface area contributed by atoms with E-state index < -0.39 is 17.8 Å². The third kappa shape index (κ3) is 3.66. The molecule has 0 radical (unpaired) electrons. The molecule has 0 aromatic heterocycles. The van der Waals surface area contributed by atoms with Crippen LogP contribution in [0.4, 0.5) is 4.39 Å². The van der Waals surface area contributed by atoms with E-state index in [1.54, 1.807) is 19.1 Å². The first-order valence-electron chi connectivity index (χ1n) is 8.18. The number of benzene rings is 1. The largest absolute Gasteiger partial charge is 0.460 e. The number of allylic oxidation sites excluding steroid dienone is 1. The Morgan fingerprint density at radius 2 is 2.23 bits per heavy atom. The molecule has 1 saturated heterocycles. The van der Waals surface area contributed by atoms with Crippen LogP contribution in [-0.4, -0.2) is 48.0 Å². The van der Waals surface area contributed by atoms with E-state index in [0.717, 1.165) is 0 Å². The summed E-state index contributed by atoms with van der Waals surface area (Å²) in [6, 6.07) is 5.14. The first-order valence-corrected chi connectivity index (χ1v) is 9.17. The van der Waals surface area contributed by atoms with E-state index in [9.17, 15) is 14.0 Å². The third-order valence-electron chi connectivity index (χ3n) is 4.11. The number of carbonyl (C=O) groups is 2. The van der Waals surface area contributed by atoms with Crippen molar-refractivity contribution in [3.63, 3.8) is 0 Å². The number of thioether (sulfide) groups is 1. The van der Waals surface area contributed by atoms with Crippen LogP contribution in [0, 0.1) is 5.82 Å². The molecule has 8 heteroatoms. The Kier molecular flexibility index (Phi) is 5.73. The van der Waals surface area contributed by atoms with Gasteiger partial charge >= 0.3 is 5.97 Å². The van der Waals surface area contributed by atoms with Crippen LogP contribution in [0.3, 0.4) is 0 Å². The molecule has 0 saturated carbocycles. The number of hydrogen-bond donors (Lipinski definition) is 0. The summed E-state index contributed by atoms with van der Waals surface area (Å²) in [6.45, 7) is 2.04. The molecular formula is C18H19FN2O4S. The van der Waals surface area contributed by atoms with Gasteiger partial charge in [0.25, 0.3) is 0 Å². The lowest BCUT2D eigenvalue weighted by atomic mass is 9.94. The molecule has 2 aliphatic heterocycles. The summed E-state index contributed by atoms with van der Waals surface area (Å²) in [5.74, 6) is -0.537. The Balaban J connectivity index is 2.05. The zero-order valence-electron chi connectivity index (χ0n) is 14.5. The summed E-state index contributed by atoms with van der Waals surface area (Å²) in [4.78, 5) is 31.2. The number of halogens is 1.